The number of fused-ring (bicyclic) bond motifs is 1. The number of benzene rings is 2. The number of thiophene rings is 1. The molecule has 0 amide bonds. The Hall–Kier alpha value is -2.14. The molecule has 0 aliphatic heterocycles. The number of halogens is 2. The molecule has 3 nitrogen and oxygen atoms in total. The van der Waals surface area contributed by atoms with Gasteiger partial charge in [0.2, 0.25) is 0 Å². The van der Waals surface area contributed by atoms with E-state index in [2.05, 4.69) is 37.0 Å². The van der Waals surface area contributed by atoms with Crippen LogP contribution >= 0.6 is 34.5 Å². The minimum Gasteiger partial charge on any atom is -0.294 e. The van der Waals surface area contributed by atoms with Crippen molar-refractivity contribution in [2.45, 2.75) is 20.4 Å². The molecule has 27 heavy (non-hydrogen) atoms. The van der Waals surface area contributed by atoms with Gasteiger partial charge in [-0.05, 0) is 48.2 Å². The lowest BCUT2D eigenvalue weighted by Gasteiger charge is -2.08. The Labute approximate surface area is 170 Å². The van der Waals surface area contributed by atoms with Crippen molar-refractivity contribution in [2.75, 3.05) is 0 Å². The molecule has 0 fully saturated rings. The van der Waals surface area contributed by atoms with Crippen molar-refractivity contribution in [2.24, 2.45) is 0 Å². The monoisotopic (exact) mass is 414 g/mol. The van der Waals surface area contributed by atoms with Gasteiger partial charge in [-0.1, -0.05) is 47.5 Å². The summed E-state index contributed by atoms with van der Waals surface area (Å²) in [6.07, 6.45) is 1.59. The quantitative estimate of drug-likeness (QED) is 0.405. The van der Waals surface area contributed by atoms with Crippen molar-refractivity contribution >= 4 is 44.8 Å². The first-order valence-electron chi connectivity index (χ1n) is 8.42. The molecular weight excluding hydrogens is 399 g/mol. The van der Waals surface area contributed by atoms with E-state index >= 15 is 0 Å². The van der Waals surface area contributed by atoms with Gasteiger partial charge in [0.25, 0.3) is 5.56 Å². The minimum absolute atomic E-state index is 0.0550. The molecule has 4 aromatic rings. The fourth-order valence-corrected chi connectivity index (χ4v) is 4.26. The zero-order valence-corrected chi connectivity index (χ0v) is 17.1. The van der Waals surface area contributed by atoms with Crippen LogP contribution in [0.1, 0.15) is 16.7 Å². The van der Waals surface area contributed by atoms with E-state index in [1.165, 1.54) is 22.5 Å². The fraction of sp³-hybridized carbons (Fsp3) is 0.143. The maximum Gasteiger partial charge on any atom is 0.263 e. The van der Waals surface area contributed by atoms with Gasteiger partial charge in [-0.2, -0.15) is 0 Å². The van der Waals surface area contributed by atoms with Crippen molar-refractivity contribution in [1.29, 1.82) is 0 Å². The fourth-order valence-electron chi connectivity index (χ4n) is 3.04. The van der Waals surface area contributed by atoms with Crippen LogP contribution in [0.15, 0.2) is 52.9 Å². The summed E-state index contributed by atoms with van der Waals surface area (Å²) in [5, 5.41) is 3.64. The maximum atomic E-state index is 13.2. The van der Waals surface area contributed by atoms with Gasteiger partial charge >= 0.3 is 0 Å². The molecule has 0 spiro atoms. The number of aryl methyl sites for hydroxylation is 2. The topological polar surface area (TPSA) is 34.9 Å². The summed E-state index contributed by atoms with van der Waals surface area (Å²) in [6.45, 7) is 4.55. The van der Waals surface area contributed by atoms with Crippen molar-refractivity contribution in [3.8, 4) is 11.1 Å². The largest absolute Gasteiger partial charge is 0.294 e. The Kier molecular flexibility index (Phi) is 4.81. The standard InChI is InChI=1S/C21H16Cl2N2OS/c1-12-3-5-15(7-13(12)2)16-10-27-20-19(16)21(26)25(11-24-20)9-14-4-6-17(22)18(23)8-14/h3-8,10-11H,9H2,1-2H3. The lowest BCUT2D eigenvalue weighted by atomic mass is 10.0. The van der Waals surface area contributed by atoms with Crippen LogP contribution < -0.4 is 5.56 Å². The van der Waals surface area contributed by atoms with E-state index in [1.54, 1.807) is 23.0 Å². The summed E-state index contributed by atoms with van der Waals surface area (Å²) in [5.41, 5.74) is 5.24. The smallest absolute Gasteiger partial charge is 0.263 e. The SMILES string of the molecule is Cc1ccc(-c2csc3ncn(Cc4ccc(Cl)c(Cl)c4)c(=O)c23)cc1C. The van der Waals surface area contributed by atoms with E-state index in [4.69, 9.17) is 23.2 Å². The molecule has 2 heterocycles. The molecule has 0 unspecified atom stereocenters. The Morgan fingerprint density at radius 3 is 2.59 bits per heavy atom. The molecule has 0 radical (unpaired) electrons. The third-order valence-corrected chi connectivity index (χ3v) is 6.34. The number of hydrogen-bond acceptors (Lipinski definition) is 3. The number of rotatable bonds is 3. The normalized spacial score (nSPS) is 11.3. The molecule has 4 rings (SSSR count). The van der Waals surface area contributed by atoms with Crippen LogP contribution in [-0.4, -0.2) is 9.55 Å². The van der Waals surface area contributed by atoms with Crippen LogP contribution in [0, 0.1) is 13.8 Å². The van der Waals surface area contributed by atoms with Crippen molar-refractivity contribution in [3.63, 3.8) is 0 Å². The Morgan fingerprint density at radius 1 is 1.04 bits per heavy atom. The summed E-state index contributed by atoms with van der Waals surface area (Å²) >= 11 is 13.6. The third-order valence-electron chi connectivity index (χ3n) is 4.72. The summed E-state index contributed by atoms with van der Waals surface area (Å²) < 4.78 is 1.61. The van der Waals surface area contributed by atoms with E-state index in [-0.39, 0.29) is 5.56 Å². The van der Waals surface area contributed by atoms with Crippen LogP contribution in [0.4, 0.5) is 0 Å². The molecule has 2 aromatic heterocycles. The van der Waals surface area contributed by atoms with Crippen molar-refractivity contribution < 1.29 is 0 Å². The highest BCUT2D eigenvalue weighted by molar-refractivity contribution is 7.17. The highest BCUT2D eigenvalue weighted by Gasteiger charge is 2.14. The van der Waals surface area contributed by atoms with E-state index in [1.807, 2.05) is 11.4 Å². The molecular formula is C21H16Cl2N2OS. The van der Waals surface area contributed by atoms with Crippen LogP contribution in [0.3, 0.4) is 0 Å². The average Bonchev–Trinajstić information content (AvgIpc) is 3.08. The molecule has 136 valence electrons. The highest BCUT2D eigenvalue weighted by Crippen LogP contribution is 2.31. The molecule has 0 atom stereocenters. The summed E-state index contributed by atoms with van der Waals surface area (Å²) in [7, 11) is 0. The molecule has 0 bridgehead atoms. The first-order chi connectivity index (χ1) is 12.9. The van der Waals surface area contributed by atoms with Gasteiger partial charge in [0.1, 0.15) is 4.83 Å². The molecule has 0 aliphatic carbocycles. The first kappa shape index (κ1) is 18.2. The lowest BCUT2D eigenvalue weighted by Crippen LogP contribution is -2.21. The number of nitrogens with zero attached hydrogens (tertiary/aromatic N) is 2. The third kappa shape index (κ3) is 3.41. The summed E-state index contributed by atoms with van der Waals surface area (Å²) in [6, 6.07) is 11.6. The zero-order valence-electron chi connectivity index (χ0n) is 14.8. The van der Waals surface area contributed by atoms with Gasteiger partial charge in [0, 0.05) is 10.9 Å². The van der Waals surface area contributed by atoms with Gasteiger partial charge in [-0.25, -0.2) is 4.98 Å². The first-order valence-corrected chi connectivity index (χ1v) is 10.1. The Balaban J connectivity index is 1.82. The molecule has 0 saturated carbocycles. The predicted octanol–water partition coefficient (Wildman–Crippen LogP) is 6.10. The highest BCUT2D eigenvalue weighted by atomic mass is 35.5. The summed E-state index contributed by atoms with van der Waals surface area (Å²) in [5.74, 6) is 0. The number of hydrogen-bond donors (Lipinski definition) is 0. The second-order valence-electron chi connectivity index (χ2n) is 6.55. The van der Waals surface area contributed by atoms with Gasteiger partial charge in [-0.15, -0.1) is 11.3 Å². The molecule has 0 aliphatic rings. The van der Waals surface area contributed by atoms with E-state index < -0.39 is 0 Å². The van der Waals surface area contributed by atoms with Gasteiger partial charge in [-0.3, -0.25) is 9.36 Å². The minimum atomic E-state index is -0.0550. The van der Waals surface area contributed by atoms with E-state index in [0.29, 0.717) is 22.0 Å². The second kappa shape index (κ2) is 7.12. The van der Waals surface area contributed by atoms with Crippen LogP contribution in [-0.2, 0) is 6.54 Å². The maximum absolute atomic E-state index is 13.2. The summed E-state index contributed by atoms with van der Waals surface area (Å²) in [4.78, 5) is 18.4. The van der Waals surface area contributed by atoms with Crippen molar-refractivity contribution in [3.05, 3.63) is 85.2 Å². The van der Waals surface area contributed by atoms with Crippen LogP contribution in [0.2, 0.25) is 10.0 Å². The van der Waals surface area contributed by atoms with Gasteiger partial charge in [0.05, 0.1) is 28.3 Å². The molecule has 6 heteroatoms. The molecule has 2 aromatic carbocycles. The molecule has 0 N–H and O–H groups in total. The van der Waals surface area contributed by atoms with E-state index in [9.17, 15) is 4.79 Å². The van der Waals surface area contributed by atoms with Gasteiger partial charge < -0.3 is 0 Å². The Bertz CT molecular complexity index is 1230. The predicted molar refractivity (Wildman–Crippen MR) is 114 cm³/mol. The Morgan fingerprint density at radius 2 is 1.85 bits per heavy atom. The van der Waals surface area contributed by atoms with Crippen LogP contribution in [0.5, 0.6) is 0 Å². The number of aromatic nitrogens is 2. The van der Waals surface area contributed by atoms with E-state index in [0.717, 1.165) is 21.5 Å². The average molecular weight is 415 g/mol. The van der Waals surface area contributed by atoms with Gasteiger partial charge in [0.15, 0.2) is 0 Å². The molecule has 0 saturated heterocycles. The van der Waals surface area contributed by atoms with Crippen LogP contribution in [0.25, 0.3) is 21.3 Å². The van der Waals surface area contributed by atoms with Crippen molar-refractivity contribution in [1.82, 2.24) is 9.55 Å². The zero-order chi connectivity index (χ0) is 19.1. The second-order valence-corrected chi connectivity index (χ2v) is 8.23. The lowest BCUT2D eigenvalue weighted by molar-refractivity contribution is 0.749.